The van der Waals surface area contributed by atoms with Crippen LogP contribution in [0.1, 0.15) is 34.1 Å². The van der Waals surface area contributed by atoms with E-state index in [1.165, 1.54) is 24.7 Å². The highest BCUT2D eigenvalue weighted by Crippen LogP contribution is 2.35. The quantitative estimate of drug-likeness (QED) is 0.538. The van der Waals surface area contributed by atoms with Gasteiger partial charge < -0.3 is 14.5 Å². The lowest BCUT2D eigenvalue weighted by molar-refractivity contribution is -0.137. The van der Waals surface area contributed by atoms with Crippen molar-refractivity contribution in [3.63, 3.8) is 0 Å². The molecule has 2 aromatic carbocycles. The number of ether oxygens (including phenoxy) is 1. The third-order valence-electron chi connectivity index (χ3n) is 5.41. The molecule has 0 fully saturated rings. The van der Waals surface area contributed by atoms with Gasteiger partial charge in [0.1, 0.15) is 18.6 Å². The summed E-state index contributed by atoms with van der Waals surface area (Å²) in [5.41, 5.74) is 0.997. The van der Waals surface area contributed by atoms with Crippen molar-refractivity contribution in [2.75, 3.05) is 6.26 Å². The maximum absolute atomic E-state index is 12.9. The van der Waals surface area contributed by atoms with Crippen LogP contribution in [0.5, 0.6) is 5.75 Å². The Kier molecular flexibility index (Phi) is 6.06. The van der Waals surface area contributed by atoms with E-state index in [9.17, 15) is 22.2 Å². The Labute approximate surface area is 188 Å². The number of hydrogen-bond acceptors (Lipinski definition) is 6. The fourth-order valence-electron chi connectivity index (χ4n) is 3.66. The molecule has 0 saturated heterocycles. The lowest BCUT2D eigenvalue weighted by atomic mass is 9.99. The van der Waals surface area contributed by atoms with Gasteiger partial charge in [-0.2, -0.15) is 13.2 Å². The van der Waals surface area contributed by atoms with Gasteiger partial charge in [0.25, 0.3) is 0 Å². The molecule has 2 N–H and O–H groups in total. The molecule has 174 valence electrons. The molecule has 1 aromatic heterocycles. The predicted octanol–water partition coefficient (Wildman–Crippen LogP) is 4.66. The maximum Gasteiger partial charge on any atom is 0.416 e. The van der Waals surface area contributed by atoms with Gasteiger partial charge in [-0.15, -0.1) is 0 Å². The lowest BCUT2D eigenvalue weighted by Crippen LogP contribution is -2.16. The van der Waals surface area contributed by atoms with Gasteiger partial charge in [-0.05, 0) is 41.0 Å². The third-order valence-corrected chi connectivity index (χ3v) is 6.58. The van der Waals surface area contributed by atoms with Crippen LogP contribution < -0.4 is 15.5 Å². The van der Waals surface area contributed by atoms with Crippen LogP contribution in [0.4, 0.5) is 13.2 Å². The van der Waals surface area contributed by atoms with Gasteiger partial charge in [0.2, 0.25) is 11.2 Å². The van der Waals surface area contributed by atoms with E-state index in [1.807, 2.05) is 0 Å². The van der Waals surface area contributed by atoms with Crippen molar-refractivity contribution in [2.24, 2.45) is 0 Å². The Hall–Kier alpha value is -3.11. The number of nitrogens with one attached hydrogen (secondary N) is 2. The second kappa shape index (κ2) is 8.68. The van der Waals surface area contributed by atoms with Crippen molar-refractivity contribution < 1.29 is 26.5 Å². The van der Waals surface area contributed by atoms with Crippen LogP contribution in [0.25, 0.3) is 0 Å². The first-order valence-electron chi connectivity index (χ1n) is 10.0. The lowest BCUT2D eigenvalue weighted by Gasteiger charge is -2.13. The van der Waals surface area contributed by atoms with E-state index >= 15 is 0 Å². The zero-order valence-electron chi connectivity index (χ0n) is 17.6. The van der Waals surface area contributed by atoms with Crippen molar-refractivity contribution in [3.8, 4) is 5.75 Å². The minimum absolute atomic E-state index is 0.0252. The summed E-state index contributed by atoms with van der Waals surface area (Å²) < 4.78 is 69.1. The number of halogens is 3. The van der Waals surface area contributed by atoms with Crippen molar-refractivity contribution in [3.05, 3.63) is 93.0 Å². The van der Waals surface area contributed by atoms with Crippen molar-refractivity contribution in [1.29, 1.82) is 4.78 Å². The topological polar surface area (TPSA) is 92.4 Å². The zero-order chi connectivity index (χ0) is 23.8. The molecule has 2 heterocycles. The molecule has 0 radical (unpaired) electrons. The molecule has 0 amide bonds. The van der Waals surface area contributed by atoms with E-state index in [1.54, 1.807) is 24.3 Å². The van der Waals surface area contributed by atoms with Crippen molar-refractivity contribution >= 4 is 9.73 Å². The molecule has 0 unspecified atom stereocenters. The standard InChI is InChI=1S/C23H21F3N2O4S/c1-33(27,30)18-5-2-14(3-6-18)12-32-22-13-31-17(10-21(22)29)9-20-19-7-4-16(23(24,25)26)8-15(19)11-28-20/h2-8,10,13,20,27-28H,9,11-12H2,1H3/t20-,33-/m1/s1. The molecule has 0 spiro atoms. The van der Waals surface area contributed by atoms with E-state index in [2.05, 4.69) is 5.32 Å². The van der Waals surface area contributed by atoms with Crippen LogP contribution in [-0.4, -0.2) is 10.5 Å². The average molecular weight is 478 g/mol. The molecule has 10 heteroatoms. The molecule has 2 atom stereocenters. The average Bonchev–Trinajstić information content (AvgIpc) is 3.14. The molecule has 0 bridgehead atoms. The first-order chi connectivity index (χ1) is 15.5. The molecule has 4 rings (SSSR count). The smallest absolute Gasteiger partial charge is 0.416 e. The highest BCUT2D eigenvalue weighted by molar-refractivity contribution is 7.91. The summed E-state index contributed by atoms with van der Waals surface area (Å²) in [4.78, 5) is 12.8. The van der Waals surface area contributed by atoms with Gasteiger partial charge in [0, 0.05) is 36.2 Å². The van der Waals surface area contributed by atoms with Crippen molar-refractivity contribution in [2.45, 2.75) is 36.7 Å². The molecule has 6 nitrogen and oxygen atoms in total. The molecule has 3 aromatic rings. The summed E-state index contributed by atoms with van der Waals surface area (Å²) in [6.07, 6.45) is -1.53. The van der Waals surface area contributed by atoms with Crippen LogP contribution in [-0.2, 0) is 35.5 Å². The van der Waals surface area contributed by atoms with Gasteiger partial charge in [-0.1, -0.05) is 18.2 Å². The fraction of sp³-hybridized carbons (Fsp3) is 0.261. The number of alkyl halides is 3. The number of hydrogen-bond donors (Lipinski definition) is 2. The second-order valence-corrected chi connectivity index (χ2v) is 10.1. The minimum atomic E-state index is -4.39. The summed E-state index contributed by atoms with van der Waals surface area (Å²) in [7, 11) is -2.80. The van der Waals surface area contributed by atoms with Gasteiger partial charge in [0.15, 0.2) is 0 Å². The van der Waals surface area contributed by atoms with E-state index in [0.717, 1.165) is 23.3 Å². The van der Waals surface area contributed by atoms with E-state index in [-0.39, 0.29) is 23.8 Å². The number of rotatable bonds is 6. The van der Waals surface area contributed by atoms with E-state index < -0.39 is 21.5 Å². The molecule has 1 aliphatic heterocycles. The number of benzene rings is 2. The molecular formula is C23H21F3N2O4S. The van der Waals surface area contributed by atoms with Crippen LogP contribution in [0, 0.1) is 4.78 Å². The van der Waals surface area contributed by atoms with Crippen LogP contribution in [0.3, 0.4) is 0 Å². The first-order valence-corrected chi connectivity index (χ1v) is 12.0. The summed E-state index contributed by atoms with van der Waals surface area (Å²) >= 11 is 0. The summed E-state index contributed by atoms with van der Waals surface area (Å²) in [6, 6.07) is 11.2. The zero-order valence-corrected chi connectivity index (χ0v) is 18.4. The Bertz CT molecular complexity index is 1330. The monoisotopic (exact) mass is 478 g/mol. The summed E-state index contributed by atoms with van der Waals surface area (Å²) in [5.74, 6) is 0.410. The van der Waals surface area contributed by atoms with Crippen LogP contribution in [0.2, 0.25) is 0 Å². The van der Waals surface area contributed by atoms with Gasteiger partial charge in [-0.25, -0.2) is 8.99 Å². The minimum Gasteiger partial charge on any atom is -0.482 e. The Balaban J connectivity index is 1.41. The summed E-state index contributed by atoms with van der Waals surface area (Å²) in [5, 5.41) is 3.15. The fourth-order valence-corrected chi connectivity index (χ4v) is 4.31. The maximum atomic E-state index is 12.9. The SMILES string of the molecule is C[S@@](=N)(=O)c1ccc(COc2coc(C[C@H]3NCc4cc(C(F)(F)F)ccc43)cc2=O)cc1. The molecule has 0 saturated carbocycles. The molecule has 1 aliphatic rings. The van der Waals surface area contributed by atoms with E-state index in [0.29, 0.717) is 29.2 Å². The van der Waals surface area contributed by atoms with Crippen LogP contribution in [0.15, 0.2) is 68.9 Å². The summed E-state index contributed by atoms with van der Waals surface area (Å²) in [6.45, 7) is 0.397. The van der Waals surface area contributed by atoms with Gasteiger partial charge in [-0.3, -0.25) is 4.79 Å². The Morgan fingerprint density at radius 2 is 1.91 bits per heavy atom. The second-order valence-electron chi connectivity index (χ2n) is 7.90. The van der Waals surface area contributed by atoms with Crippen LogP contribution >= 0.6 is 0 Å². The highest BCUT2D eigenvalue weighted by Gasteiger charge is 2.33. The van der Waals surface area contributed by atoms with Crippen molar-refractivity contribution in [1.82, 2.24) is 5.32 Å². The number of fused-ring (bicyclic) bond motifs is 1. The highest BCUT2D eigenvalue weighted by atomic mass is 32.2. The third kappa shape index (κ3) is 5.28. The molecular weight excluding hydrogens is 457 g/mol. The van der Waals surface area contributed by atoms with E-state index in [4.69, 9.17) is 13.9 Å². The Morgan fingerprint density at radius 1 is 1.18 bits per heavy atom. The van der Waals surface area contributed by atoms with Gasteiger partial charge in [0.05, 0.1) is 15.3 Å². The first kappa shape index (κ1) is 23.1. The normalized spacial score (nSPS) is 17.4. The predicted molar refractivity (Wildman–Crippen MR) is 116 cm³/mol. The molecule has 0 aliphatic carbocycles. The van der Waals surface area contributed by atoms with Gasteiger partial charge >= 0.3 is 6.18 Å². The Morgan fingerprint density at radius 3 is 2.55 bits per heavy atom. The largest absolute Gasteiger partial charge is 0.482 e. The molecule has 33 heavy (non-hydrogen) atoms.